The molecular formula is C13H17ClN2O2. The van der Waals surface area contributed by atoms with Gasteiger partial charge in [-0.1, -0.05) is 11.6 Å². The zero-order valence-corrected chi connectivity index (χ0v) is 10.9. The predicted octanol–water partition coefficient (Wildman–Crippen LogP) is 2.89. The minimum Gasteiger partial charge on any atom is -0.381 e. The molecule has 0 aliphatic carbocycles. The van der Waals surface area contributed by atoms with Crippen LogP contribution in [0.2, 0.25) is 5.02 Å². The van der Waals surface area contributed by atoms with Gasteiger partial charge in [0, 0.05) is 30.5 Å². The quantitative estimate of drug-likeness (QED) is 0.886. The Balaban J connectivity index is 1.73. The van der Waals surface area contributed by atoms with Crippen LogP contribution in [-0.2, 0) is 4.74 Å². The van der Waals surface area contributed by atoms with Gasteiger partial charge in [0.1, 0.15) is 0 Å². The predicted molar refractivity (Wildman–Crippen MR) is 72.0 cm³/mol. The van der Waals surface area contributed by atoms with Crippen molar-refractivity contribution in [2.24, 2.45) is 5.92 Å². The second-order valence-corrected chi connectivity index (χ2v) is 4.83. The van der Waals surface area contributed by atoms with Gasteiger partial charge in [-0.25, -0.2) is 4.79 Å². The Morgan fingerprint density at radius 2 is 1.94 bits per heavy atom. The highest BCUT2D eigenvalue weighted by atomic mass is 35.5. The number of amides is 2. The van der Waals surface area contributed by atoms with Crippen LogP contribution in [0.5, 0.6) is 0 Å². The Hall–Kier alpha value is -1.26. The number of carbonyl (C=O) groups is 1. The number of urea groups is 1. The summed E-state index contributed by atoms with van der Waals surface area (Å²) in [6, 6.07) is 6.86. The van der Waals surface area contributed by atoms with Gasteiger partial charge in [-0.05, 0) is 43.0 Å². The number of anilines is 1. The lowest BCUT2D eigenvalue weighted by Gasteiger charge is -2.22. The third kappa shape index (κ3) is 4.20. The van der Waals surface area contributed by atoms with E-state index in [4.69, 9.17) is 16.3 Å². The van der Waals surface area contributed by atoms with E-state index in [1.54, 1.807) is 24.3 Å². The lowest BCUT2D eigenvalue weighted by atomic mass is 10.0. The molecule has 0 unspecified atom stereocenters. The minimum absolute atomic E-state index is 0.177. The van der Waals surface area contributed by atoms with E-state index >= 15 is 0 Å². The number of ether oxygens (including phenoxy) is 1. The first-order valence-corrected chi connectivity index (χ1v) is 6.50. The average molecular weight is 269 g/mol. The molecule has 0 spiro atoms. The zero-order valence-electron chi connectivity index (χ0n) is 10.1. The number of hydrogen-bond donors (Lipinski definition) is 2. The molecule has 2 rings (SSSR count). The van der Waals surface area contributed by atoms with E-state index in [0.717, 1.165) is 31.7 Å². The van der Waals surface area contributed by atoms with Gasteiger partial charge >= 0.3 is 6.03 Å². The number of halogens is 1. The first kappa shape index (κ1) is 13.2. The highest BCUT2D eigenvalue weighted by Gasteiger charge is 2.14. The lowest BCUT2D eigenvalue weighted by molar-refractivity contribution is 0.0671. The molecule has 4 nitrogen and oxygen atoms in total. The van der Waals surface area contributed by atoms with E-state index in [2.05, 4.69) is 10.6 Å². The summed E-state index contributed by atoms with van der Waals surface area (Å²) in [5.41, 5.74) is 0.740. The number of carbonyl (C=O) groups excluding carboxylic acids is 1. The molecule has 98 valence electrons. The second kappa shape index (κ2) is 6.61. The molecule has 0 saturated carbocycles. The Morgan fingerprint density at radius 1 is 1.28 bits per heavy atom. The fourth-order valence-electron chi connectivity index (χ4n) is 1.90. The monoisotopic (exact) mass is 268 g/mol. The van der Waals surface area contributed by atoms with Gasteiger partial charge in [0.05, 0.1) is 0 Å². The molecule has 1 saturated heterocycles. The summed E-state index contributed by atoms with van der Waals surface area (Å²) in [5, 5.41) is 6.30. The van der Waals surface area contributed by atoms with Crippen LogP contribution >= 0.6 is 11.6 Å². The molecule has 0 bridgehead atoms. The molecule has 0 aromatic heterocycles. The molecule has 18 heavy (non-hydrogen) atoms. The van der Waals surface area contributed by atoms with Crippen molar-refractivity contribution in [1.82, 2.24) is 5.32 Å². The molecule has 2 N–H and O–H groups in total. The van der Waals surface area contributed by atoms with Crippen LogP contribution in [0.1, 0.15) is 12.8 Å². The summed E-state index contributed by atoms with van der Waals surface area (Å²) in [5.74, 6) is 0.523. The fourth-order valence-corrected chi connectivity index (χ4v) is 2.02. The van der Waals surface area contributed by atoms with Crippen molar-refractivity contribution in [2.75, 3.05) is 25.1 Å². The molecule has 1 aromatic rings. The molecule has 0 radical (unpaired) electrons. The van der Waals surface area contributed by atoms with Crippen molar-refractivity contribution < 1.29 is 9.53 Å². The largest absolute Gasteiger partial charge is 0.381 e. The number of benzene rings is 1. The van der Waals surface area contributed by atoms with Gasteiger partial charge in [0.2, 0.25) is 0 Å². The molecule has 5 heteroatoms. The van der Waals surface area contributed by atoms with Gasteiger partial charge in [-0.2, -0.15) is 0 Å². The van der Waals surface area contributed by atoms with Crippen molar-refractivity contribution in [1.29, 1.82) is 0 Å². The van der Waals surface area contributed by atoms with Crippen molar-refractivity contribution in [2.45, 2.75) is 12.8 Å². The van der Waals surface area contributed by atoms with E-state index in [-0.39, 0.29) is 6.03 Å². The van der Waals surface area contributed by atoms with E-state index < -0.39 is 0 Å². The molecular weight excluding hydrogens is 252 g/mol. The maximum atomic E-state index is 11.7. The van der Waals surface area contributed by atoms with Crippen LogP contribution in [0, 0.1) is 5.92 Å². The highest BCUT2D eigenvalue weighted by Crippen LogP contribution is 2.14. The summed E-state index contributed by atoms with van der Waals surface area (Å²) in [6.07, 6.45) is 2.03. The third-order valence-corrected chi connectivity index (χ3v) is 3.25. The molecule has 1 heterocycles. The van der Waals surface area contributed by atoms with Crippen LogP contribution < -0.4 is 10.6 Å². The van der Waals surface area contributed by atoms with Crippen molar-refractivity contribution in [3.05, 3.63) is 29.3 Å². The third-order valence-electron chi connectivity index (χ3n) is 2.99. The van der Waals surface area contributed by atoms with Crippen LogP contribution in [0.25, 0.3) is 0 Å². The Bertz CT molecular complexity index is 388. The smallest absolute Gasteiger partial charge is 0.319 e. The summed E-state index contributed by atoms with van der Waals surface area (Å²) in [4.78, 5) is 11.7. The lowest BCUT2D eigenvalue weighted by Crippen LogP contribution is -2.35. The summed E-state index contributed by atoms with van der Waals surface area (Å²) in [6.45, 7) is 2.29. The standard InChI is InChI=1S/C13H17ClN2O2/c14-11-1-3-12(4-2-11)16-13(17)15-9-10-5-7-18-8-6-10/h1-4,10H,5-9H2,(H2,15,16,17). The summed E-state index contributed by atoms with van der Waals surface area (Å²) >= 11 is 5.77. The van der Waals surface area contributed by atoms with Gasteiger partial charge in [-0.3, -0.25) is 0 Å². The number of hydrogen-bond acceptors (Lipinski definition) is 2. The van der Waals surface area contributed by atoms with E-state index in [1.165, 1.54) is 0 Å². The highest BCUT2D eigenvalue weighted by molar-refractivity contribution is 6.30. The molecule has 1 aliphatic rings. The number of rotatable bonds is 3. The Morgan fingerprint density at radius 3 is 2.61 bits per heavy atom. The van der Waals surface area contributed by atoms with Gasteiger partial charge in [0.25, 0.3) is 0 Å². The van der Waals surface area contributed by atoms with Gasteiger partial charge in [-0.15, -0.1) is 0 Å². The maximum Gasteiger partial charge on any atom is 0.319 e. The zero-order chi connectivity index (χ0) is 12.8. The topological polar surface area (TPSA) is 50.4 Å². The molecule has 2 amide bonds. The van der Waals surface area contributed by atoms with Crippen LogP contribution in [-0.4, -0.2) is 25.8 Å². The van der Waals surface area contributed by atoms with Crippen LogP contribution in [0.15, 0.2) is 24.3 Å². The second-order valence-electron chi connectivity index (χ2n) is 4.40. The maximum absolute atomic E-state index is 11.7. The van der Waals surface area contributed by atoms with E-state index in [9.17, 15) is 4.79 Å². The normalized spacial score (nSPS) is 16.3. The van der Waals surface area contributed by atoms with Crippen LogP contribution in [0.3, 0.4) is 0 Å². The van der Waals surface area contributed by atoms with Crippen molar-refractivity contribution >= 4 is 23.3 Å². The first-order valence-electron chi connectivity index (χ1n) is 6.12. The Kier molecular flexibility index (Phi) is 4.84. The van der Waals surface area contributed by atoms with E-state index in [1.807, 2.05) is 0 Å². The molecule has 1 aromatic carbocycles. The summed E-state index contributed by atoms with van der Waals surface area (Å²) < 4.78 is 5.27. The van der Waals surface area contributed by atoms with Gasteiger partial charge in [0.15, 0.2) is 0 Å². The van der Waals surface area contributed by atoms with Crippen molar-refractivity contribution in [3.63, 3.8) is 0 Å². The van der Waals surface area contributed by atoms with Crippen LogP contribution in [0.4, 0.5) is 10.5 Å². The first-order chi connectivity index (χ1) is 8.74. The Labute approximate surface area is 112 Å². The molecule has 0 atom stereocenters. The molecule has 1 fully saturated rings. The average Bonchev–Trinajstić information content (AvgIpc) is 2.40. The fraction of sp³-hybridized carbons (Fsp3) is 0.462. The summed E-state index contributed by atoms with van der Waals surface area (Å²) in [7, 11) is 0. The minimum atomic E-state index is -0.177. The SMILES string of the molecule is O=C(NCC1CCOCC1)Nc1ccc(Cl)cc1. The van der Waals surface area contributed by atoms with E-state index in [0.29, 0.717) is 17.5 Å². The van der Waals surface area contributed by atoms with Crippen molar-refractivity contribution in [3.8, 4) is 0 Å². The number of nitrogens with one attached hydrogen (secondary N) is 2. The molecule has 1 aliphatic heterocycles. The van der Waals surface area contributed by atoms with Gasteiger partial charge < -0.3 is 15.4 Å².